The molecule has 6 nitrogen and oxygen atoms in total. The molecule has 166 valence electrons. The Morgan fingerprint density at radius 1 is 1.03 bits per heavy atom. The van der Waals surface area contributed by atoms with E-state index in [1.54, 1.807) is 23.5 Å². The predicted molar refractivity (Wildman–Crippen MR) is 123 cm³/mol. The molecule has 1 saturated heterocycles. The molecule has 4 rings (SSSR count). The zero-order valence-electron chi connectivity index (χ0n) is 17.6. The number of hydrogen-bond acceptors (Lipinski definition) is 6. The van der Waals surface area contributed by atoms with Crippen LogP contribution in [0.5, 0.6) is 0 Å². The number of carbonyl (C=O) groups is 2. The largest absolute Gasteiger partial charge is 0.379 e. The number of rotatable bonds is 8. The second kappa shape index (κ2) is 10.2. The number of fused-ring (bicyclic) bond motifs is 1. The molecular weight excluding hydrogens is 434 g/mol. The summed E-state index contributed by atoms with van der Waals surface area (Å²) < 4.78 is 5.42. The molecule has 0 spiro atoms. The molecule has 1 amide bonds. The molecule has 8 heteroatoms. The van der Waals surface area contributed by atoms with Gasteiger partial charge in [0.1, 0.15) is 5.78 Å². The molecule has 3 heterocycles. The Morgan fingerprint density at radius 2 is 1.74 bits per heavy atom. The lowest BCUT2D eigenvalue weighted by molar-refractivity contribution is -0.117. The van der Waals surface area contributed by atoms with Crippen molar-refractivity contribution in [3.63, 3.8) is 0 Å². The Balaban J connectivity index is 1.41. The summed E-state index contributed by atoms with van der Waals surface area (Å²) in [6.07, 6.45) is 1.37. The number of carbonyl (C=O) groups excluding carboxylic acids is 2. The number of nitrogens with two attached hydrogens (primary N) is 1. The Labute approximate surface area is 191 Å². The third-order valence-electron chi connectivity index (χ3n) is 5.96. The highest BCUT2D eigenvalue weighted by Crippen LogP contribution is 2.33. The second-order valence-electron chi connectivity index (χ2n) is 8.17. The molecule has 0 radical (unpaired) electrons. The summed E-state index contributed by atoms with van der Waals surface area (Å²) in [6, 6.07) is 7.30. The number of morpholine rings is 1. The van der Waals surface area contributed by atoms with Crippen LogP contribution in [0, 0.1) is 0 Å². The number of nitrogens with zero attached hydrogens (tertiary/aromatic N) is 2. The number of ether oxygens (including phenoxy) is 1. The van der Waals surface area contributed by atoms with Crippen LogP contribution in [-0.2, 0) is 35.3 Å². The van der Waals surface area contributed by atoms with E-state index in [9.17, 15) is 9.59 Å². The lowest BCUT2D eigenvalue weighted by atomic mass is 9.98. The van der Waals surface area contributed by atoms with E-state index in [4.69, 9.17) is 22.1 Å². The minimum atomic E-state index is -0.423. The number of benzene rings is 1. The van der Waals surface area contributed by atoms with E-state index in [0.717, 1.165) is 74.9 Å². The van der Waals surface area contributed by atoms with E-state index in [1.165, 1.54) is 4.88 Å². The summed E-state index contributed by atoms with van der Waals surface area (Å²) >= 11 is 7.50. The van der Waals surface area contributed by atoms with Crippen molar-refractivity contribution in [3.05, 3.63) is 55.7 Å². The predicted octanol–water partition coefficient (Wildman–Crippen LogP) is 2.55. The first-order valence-electron chi connectivity index (χ1n) is 10.7. The molecule has 0 unspecified atom stereocenters. The van der Waals surface area contributed by atoms with Gasteiger partial charge in [-0.2, -0.15) is 0 Å². The summed E-state index contributed by atoms with van der Waals surface area (Å²) in [5, 5.41) is 0.649. The number of hydrogen-bond donors (Lipinski definition) is 1. The van der Waals surface area contributed by atoms with Crippen molar-refractivity contribution in [2.45, 2.75) is 25.8 Å². The van der Waals surface area contributed by atoms with E-state index in [0.29, 0.717) is 17.0 Å². The van der Waals surface area contributed by atoms with Gasteiger partial charge in [0.25, 0.3) is 0 Å². The normalized spacial score (nSPS) is 17.5. The van der Waals surface area contributed by atoms with Crippen molar-refractivity contribution >= 4 is 34.6 Å². The molecular formula is C23H28ClN3O3S. The number of amides is 1. The molecule has 1 fully saturated rings. The van der Waals surface area contributed by atoms with Crippen molar-refractivity contribution < 1.29 is 14.3 Å². The molecule has 2 aliphatic heterocycles. The smallest absolute Gasteiger partial charge is 0.250 e. The maximum Gasteiger partial charge on any atom is 0.250 e. The molecule has 0 atom stereocenters. The van der Waals surface area contributed by atoms with Gasteiger partial charge in [0.05, 0.1) is 18.8 Å². The molecule has 31 heavy (non-hydrogen) atoms. The summed E-state index contributed by atoms with van der Waals surface area (Å²) in [4.78, 5) is 31.8. The van der Waals surface area contributed by atoms with Crippen LogP contribution in [0.15, 0.2) is 24.3 Å². The first kappa shape index (κ1) is 22.4. The lowest BCUT2D eigenvalue weighted by Crippen LogP contribution is -2.42. The quantitative estimate of drug-likeness (QED) is 0.653. The van der Waals surface area contributed by atoms with E-state index in [-0.39, 0.29) is 12.2 Å². The van der Waals surface area contributed by atoms with Crippen LogP contribution < -0.4 is 5.73 Å². The second-order valence-corrected chi connectivity index (χ2v) is 9.79. The molecule has 2 aromatic rings. The van der Waals surface area contributed by atoms with Gasteiger partial charge >= 0.3 is 0 Å². The van der Waals surface area contributed by atoms with Gasteiger partial charge in [0.2, 0.25) is 5.91 Å². The van der Waals surface area contributed by atoms with Gasteiger partial charge in [-0.3, -0.25) is 19.4 Å². The SMILES string of the molecule is NC(=O)c1c(CC(=O)Cc2ccc(Cl)cc2)sc2c1CCN(CCN1CCOCC1)C2. The van der Waals surface area contributed by atoms with Crippen molar-refractivity contribution in [2.75, 3.05) is 45.9 Å². The summed E-state index contributed by atoms with van der Waals surface area (Å²) in [7, 11) is 0. The highest BCUT2D eigenvalue weighted by atomic mass is 35.5. The fourth-order valence-corrected chi connectivity index (χ4v) is 5.85. The van der Waals surface area contributed by atoms with Gasteiger partial charge in [-0.25, -0.2) is 0 Å². The fourth-order valence-electron chi connectivity index (χ4n) is 4.29. The lowest BCUT2D eigenvalue weighted by Gasteiger charge is -2.31. The first-order valence-corrected chi connectivity index (χ1v) is 11.9. The Morgan fingerprint density at radius 3 is 2.45 bits per heavy atom. The fraction of sp³-hybridized carbons (Fsp3) is 0.478. The number of primary amides is 1. The van der Waals surface area contributed by atoms with Crippen molar-refractivity contribution in [2.24, 2.45) is 5.73 Å². The van der Waals surface area contributed by atoms with Crippen molar-refractivity contribution in [1.82, 2.24) is 9.80 Å². The molecule has 0 saturated carbocycles. The monoisotopic (exact) mass is 461 g/mol. The number of halogens is 1. The third-order valence-corrected chi connectivity index (χ3v) is 7.43. The summed E-state index contributed by atoms with van der Waals surface area (Å²) in [6.45, 7) is 7.35. The molecule has 1 aromatic heterocycles. The average molecular weight is 462 g/mol. The van der Waals surface area contributed by atoms with Crippen LogP contribution in [0.1, 0.15) is 31.2 Å². The van der Waals surface area contributed by atoms with Crippen LogP contribution in [-0.4, -0.2) is 67.4 Å². The standard InChI is InChI=1S/C23H28ClN3O3S/c24-17-3-1-16(2-4-17)13-18(28)14-20-22(23(25)29)19-5-6-27(15-21(19)31-20)8-7-26-9-11-30-12-10-26/h1-4H,5-15H2,(H2,25,29). The Bertz CT molecular complexity index is 938. The van der Waals surface area contributed by atoms with Gasteiger partial charge in [0.15, 0.2) is 0 Å². The topological polar surface area (TPSA) is 75.9 Å². The zero-order valence-corrected chi connectivity index (χ0v) is 19.1. The maximum atomic E-state index is 12.7. The summed E-state index contributed by atoms with van der Waals surface area (Å²) in [5.74, 6) is -0.346. The zero-order chi connectivity index (χ0) is 21.8. The van der Waals surface area contributed by atoms with E-state index >= 15 is 0 Å². The van der Waals surface area contributed by atoms with Gasteiger partial charge < -0.3 is 10.5 Å². The number of ketones is 1. The van der Waals surface area contributed by atoms with E-state index in [1.807, 2.05) is 12.1 Å². The first-order chi connectivity index (χ1) is 15.0. The average Bonchev–Trinajstić information content (AvgIpc) is 3.11. The number of thiophene rings is 1. The van der Waals surface area contributed by atoms with Crippen LogP contribution in [0.4, 0.5) is 0 Å². The van der Waals surface area contributed by atoms with Crippen LogP contribution >= 0.6 is 22.9 Å². The molecule has 0 aliphatic carbocycles. The highest BCUT2D eigenvalue weighted by molar-refractivity contribution is 7.12. The third kappa shape index (κ3) is 5.73. The molecule has 0 bridgehead atoms. The van der Waals surface area contributed by atoms with Crippen molar-refractivity contribution in [1.29, 1.82) is 0 Å². The highest BCUT2D eigenvalue weighted by Gasteiger charge is 2.28. The molecule has 2 N–H and O–H groups in total. The summed E-state index contributed by atoms with van der Waals surface area (Å²) in [5.41, 5.74) is 8.28. The Hall–Kier alpha value is -1.77. The number of Topliss-reactive ketones (excluding diaryl/α,β-unsaturated/α-hetero) is 1. The van der Waals surface area contributed by atoms with Crippen LogP contribution in [0.25, 0.3) is 0 Å². The van der Waals surface area contributed by atoms with E-state index in [2.05, 4.69) is 9.80 Å². The minimum absolute atomic E-state index is 0.0765. The van der Waals surface area contributed by atoms with Gasteiger partial charge in [-0.1, -0.05) is 23.7 Å². The van der Waals surface area contributed by atoms with Gasteiger partial charge in [-0.15, -0.1) is 11.3 Å². The van der Waals surface area contributed by atoms with Gasteiger partial charge in [0, 0.05) is 66.9 Å². The van der Waals surface area contributed by atoms with Crippen LogP contribution in [0.2, 0.25) is 5.02 Å². The molecule has 2 aliphatic rings. The van der Waals surface area contributed by atoms with E-state index < -0.39 is 5.91 Å². The Kier molecular flexibility index (Phi) is 7.40. The minimum Gasteiger partial charge on any atom is -0.379 e. The maximum absolute atomic E-state index is 12.7. The van der Waals surface area contributed by atoms with Gasteiger partial charge in [-0.05, 0) is 29.7 Å². The van der Waals surface area contributed by atoms with Crippen LogP contribution in [0.3, 0.4) is 0 Å². The molecule has 1 aromatic carbocycles. The van der Waals surface area contributed by atoms with Crippen molar-refractivity contribution in [3.8, 4) is 0 Å².